The maximum absolute atomic E-state index is 6.08. The molecule has 0 fully saturated rings. The molecular formula is C26H38N2OS. The normalized spacial score (nSPS) is 12.5. The molecule has 1 atom stereocenters. The molecule has 4 heteroatoms. The molecule has 0 saturated carbocycles. The predicted octanol–water partition coefficient (Wildman–Crippen LogP) is 8.31. The Morgan fingerprint density at radius 3 is 2.30 bits per heavy atom. The standard InChI is InChI=1S/C26H38N2OS/c1-4-6-8-10-12-14-24-19-28-20-25(27-26(28)30-24)22-15-17-23(18-16-22)29-21(3)13-11-9-7-5-2/h15-21H,4-14H2,1-3H3/t21-/m0/s1. The minimum Gasteiger partial charge on any atom is -0.491 e. The third kappa shape index (κ3) is 6.87. The Hall–Kier alpha value is -1.81. The van der Waals surface area contributed by atoms with E-state index in [1.807, 2.05) is 11.3 Å². The van der Waals surface area contributed by atoms with Crippen molar-refractivity contribution in [2.75, 3.05) is 0 Å². The summed E-state index contributed by atoms with van der Waals surface area (Å²) in [5.41, 5.74) is 2.19. The number of imidazole rings is 1. The maximum Gasteiger partial charge on any atom is 0.194 e. The van der Waals surface area contributed by atoms with Gasteiger partial charge in [0.2, 0.25) is 0 Å². The van der Waals surface area contributed by atoms with E-state index in [1.165, 1.54) is 69.1 Å². The fraction of sp³-hybridized carbons (Fsp3) is 0.577. The Bertz CT molecular complexity index is 833. The molecule has 0 N–H and O–H groups in total. The highest BCUT2D eigenvalue weighted by Crippen LogP contribution is 2.27. The zero-order valence-electron chi connectivity index (χ0n) is 19.0. The van der Waals surface area contributed by atoms with Crippen LogP contribution in [0.25, 0.3) is 16.2 Å². The lowest BCUT2D eigenvalue weighted by Crippen LogP contribution is -2.11. The molecule has 1 aromatic carbocycles. The number of nitrogens with zero attached hydrogens (tertiary/aromatic N) is 2. The number of rotatable bonds is 14. The Kier molecular flexibility index (Phi) is 9.26. The van der Waals surface area contributed by atoms with Crippen LogP contribution in [0, 0.1) is 0 Å². The molecule has 164 valence electrons. The van der Waals surface area contributed by atoms with E-state index in [1.54, 1.807) is 0 Å². The number of fused-ring (bicyclic) bond motifs is 1. The van der Waals surface area contributed by atoms with E-state index in [9.17, 15) is 0 Å². The van der Waals surface area contributed by atoms with Gasteiger partial charge >= 0.3 is 0 Å². The van der Waals surface area contributed by atoms with Crippen LogP contribution in [0.4, 0.5) is 0 Å². The molecule has 30 heavy (non-hydrogen) atoms. The minimum absolute atomic E-state index is 0.269. The average molecular weight is 427 g/mol. The summed E-state index contributed by atoms with van der Waals surface area (Å²) in [6, 6.07) is 8.40. The van der Waals surface area contributed by atoms with Crippen molar-refractivity contribution in [1.82, 2.24) is 9.38 Å². The topological polar surface area (TPSA) is 26.5 Å². The summed E-state index contributed by atoms with van der Waals surface area (Å²) in [4.78, 5) is 7.38. The van der Waals surface area contributed by atoms with Crippen LogP contribution in [-0.2, 0) is 6.42 Å². The number of hydrogen-bond acceptors (Lipinski definition) is 3. The molecule has 0 radical (unpaired) electrons. The minimum atomic E-state index is 0.269. The van der Waals surface area contributed by atoms with Gasteiger partial charge in [0.25, 0.3) is 0 Å². The Balaban J connectivity index is 1.51. The monoisotopic (exact) mass is 426 g/mol. The van der Waals surface area contributed by atoms with Crippen molar-refractivity contribution in [3.8, 4) is 17.0 Å². The number of ether oxygens (including phenoxy) is 1. The third-order valence-corrected chi connectivity index (χ3v) is 6.74. The van der Waals surface area contributed by atoms with Crippen LogP contribution in [-0.4, -0.2) is 15.5 Å². The smallest absolute Gasteiger partial charge is 0.194 e. The first-order chi connectivity index (χ1) is 14.7. The van der Waals surface area contributed by atoms with Crippen LogP contribution in [0.15, 0.2) is 36.7 Å². The summed E-state index contributed by atoms with van der Waals surface area (Å²) in [6.07, 6.45) is 18.8. The Morgan fingerprint density at radius 1 is 0.900 bits per heavy atom. The van der Waals surface area contributed by atoms with E-state index in [4.69, 9.17) is 9.72 Å². The third-order valence-electron chi connectivity index (χ3n) is 5.68. The van der Waals surface area contributed by atoms with E-state index in [0.717, 1.165) is 28.4 Å². The second kappa shape index (κ2) is 12.1. The van der Waals surface area contributed by atoms with Gasteiger partial charge in [-0.3, -0.25) is 4.40 Å². The van der Waals surface area contributed by atoms with Crippen molar-refractivity contribution in [3.05, 3.63) is 41.5 Å². The van der Waals surface area contributed by atoms with Crippen LogP contribution in [0.3, 0.4) is 0 Å². The summed E-state index contributed by atoms with van der Waals surface area (Å²) in [6.45, 7) is 6.69. The number of benzene rings is 1. The largest absolute Gasteiger partial charge is 0.491 e. The highest BCUT2D eigenvalue weighted by molar-refractivity contribution is 7.17. The molecular weight excluding hydrogens is 388 g/mol. The van der Waals surface area contributed by atoms with E-state index in [-0.39, 0.29) is 6.10 Å². The molecule has 0 saturated heterocycles. The van der Waals surface area contributed by atoms with Crippen molar-refractivity contribution >= 4 is 16.3 Å². The number of aryl methyl sites for hydroxylation is 1. The van der Waals surface area contributed by atoms with E-state index in [2.05, 4.69) is 61.8 Å². The number of unbranched alkanes of at least 4 members (excludes halogenated alkanes) is 7. The van der Waals surface area contributed by atoms with Gasteiger partial charge in [0.15, 0.2) is 4.96 Å². The van der Waals surface area contributed by atoms with E-state index in [0.29, 0.717) is 0 Å². The van der Waals surface area contributed by atoms with Gasteiger partial charge in [-0.05, 0) is 56.9 Å². The first kappa shape index (κ1) is 22.9. The van der Waals surface area contributed by atoms with Gasteiger partial charge in [-0.2, -0.15) is 0 Å². The van der Waals surface area contributed by atoms with Crippen molar-refractivity contribution in [2.45, 2.75) is 97.5 Å². The lowest BCUT2D eigenvalue weighted by molar-refractivity contribution is 0.206. The second-order valence-electron chi connectivity index (χ2n) is 8.48. The van der Waals surface area contributed by atoms with E-state index >= 15 is 0 Å². The van der Waals surface area contributed by atoms with Gasteiger partial charge in [-0.25, -0.2) is 4.98 Å². The van der Waals surface area contributed by atoms with Crippen LogP contribution in [0.2, 0.25) is 0 Å². The predicted molar refractivity (Wildman–Crippen MR) is 130 cm³/mol. The summed E-state index contributed by atoms with van der Waals surface area (Å²) in [5, 5.41) is 0. The molecule has 2 aromatic heterocycles. The lowest BCUT2D eigenvalue weighted by atomic mass is 10.1. The first-order valence-corrected chi connectivity index (χ1v) is 12.8. The SMILES string of the molecule is CCCCCCCc1cn2cc(-c3ccc(O[C@@H](C)CCCCCC)cc3)nc2s1. The molecule has 3 rings (SSSR count). The fourth-order valence-electron chi connectivity index (χ4n) is 3.85. The van der Waals surface area contributed by atoms with Gasteiger partial charge in [0.1, 0.15) is 5.75 Å². The highest BCUT2D eigenvalue weighted by atomic mass is 32.1. The molecule has 0 amide bonds. The van der Waals surface area contributed by atoms with Crippen molar-refractivity contribution in [3.63, 3.8) is 0 Å². The molecule has 0 aliphatic heterocycles. The molecule has 3 nitrogen and oxygen atoms in total. The van der Waals surface area contributed by atoms with Crippen LogP contribution in [0.5, 0.6) is 5.75 Å². The van der Waals surface area contributed by atoms with E-state index < -0.39 is 0 Å². The Morgan fingerprint density at radius 2 is 1.60 bits per heavy atom. The molecule has 0 spiro atoms. The number of thiazole rings is 1. The average Bonchev–Trinajstić information content (AvgIpc) is 3.30. The number of aromatic nitrogens is 2. The first-order valence-electron chi connectivity index (χ1n) is 11.9. The van der Waals surface area contributed by atoms with Gasteiger partial charge in [-0.1, -0.05) is 58.8 Å². The lowest BCUT2D eigenvalue weighted by Gasteiger charge is -2.14. The van der Waals surface area contributed by atoms with Crippen LogP contribution >= 0.6 is 11.3 Å². The van der Waals surface area contributed by atoms with Crippen molar-refractivity contribution < 1.29 is 4.74 Å². The summed E-state index contributed by atoms with van der Waals surface area (Å²) in [7, 11) is 0. The molecule has 0 aliphatic rings. The highest BCUT2D eigenvalue weighted by Gasteiger charge is 2.09. The van der Waals surface area contributed by atoms with Gasteiger partial charge in [-0.15, -0.1) is 11.3 Å². The summed E-state index contributed by atoms with van der Waals surface area (Å²) < 4.78 is 8.27. The van der Waals surface area contributed by atoms with Crippen molar-refractivity contribution in [1.29, 1.82) is 0 Å². The molecule has 0 aliphatic carbocycles. The zero-order valence-corrected chi connectivity index (χ0v) is 19.8. The van der Waals surface area contributed by atoms with Gasteiger partial charge in [0, 0.05) is 22.8 Å². The summed E-state index contributed by atoms with van der Waals surface area (Å²) >= 11 is 1.83. The fourth-order valence-corrected chi connectivity index (χ4v) is 4.86. The van der Waals surface area contributed by atoms with Gasteiger partial charge < -0.3 is 4.74 Å². The van der Waals surface area contributed by atoms with Crippen LogP contribution in [0.1, 0.15) is 89.9 Å². The van der Waals surface area contributed by atoms with Gasteiger partial charge in [0.05, 0.1) is 11.8 Å². The molecule has 0 unspecified atom stereocenters. The molecule has 0 bridgehead atoms. The maximum atomic E-state index is 6.08. The second-order valence-corrected chi connectivity index (χ2v) is 9.57. The van der Waals surface area contributed by atoms with Crippen LogP contribution < -0.4 is 4.74 Å². The Labute approximate surface area is 186 Å². The van der Waals surface area contributed by atoms with Crippen molar-refractivity contribution in [2.24, 2.45) is 0 Å². The molecule has 3 aromatic rings. The molecule has 2 heterocycles. The zero-order chi connectivity index (χ0) is 21.2. The summed E-state index contributed by atoms with van der Waals surface area (Å²) in [5.74, 6) is 0.952. The quantitative estimate of drug-likeness (QED) is 0.242. The number of hydrogen-bond donors (Lipinski definition) is 0.